The molecule has 1 N–H and O–H groups in total. The first-order valence-corrected chi connectivity index (χ1v) is 5.86. The maximum Gasteiger partial charge on any atom is 0.117 e. The molecule has 0 spiro atoms. The Kier molecular flexibility index (Phi) is 3.80. The van der Waals surface area contributed by atoms with E-state index in [1.165, 1.54) is 19.4 Å². The van der Waals surface area contributed by atoms with Crippen molar-refractivity contribution in [1.82, 2.24) is 10.2 Å². The molecule has 1 aromatic heterocycles. The average molecular weight is 208 g/mol. The smallest absolute Gasteiger partial charge is 0.117 e. The molecular weight excluding hydrogens is 188 g/mol. The number of nitrogens with one attached hydrogen (secondary N) is 1. The van der Waals surface area contributed by atoms with E-state index in [9.17, 15) is 0 Å². The van der Waals surface area contributed by atoms with Gasteiger partial charge in [-0.1, -0.05) is 6.92 Å². The monoisotopic (exact) mass is 208 g/mol. The predicted molar refractivity (Wildman–Crippen MR) is 60.7 cm³/mol. The van der Waals surface area contributed by atoms with Crippen molar-refractivity contribution in [2.24, 2.45) is 0 Å². The van der Waals surface area contributed by atoms with Crippen LogP contribution in [0.2, 0.25) is 0 Å². The third-order valence-electron chi connectivity index (χ3n) is 2.91. The van der Waals surface area contributed by atoms with Gasteiger partial charge in [0.25, 0.3) is 0 Å². The highest BCUT2D eigenvalue weighted by molar-refractivity contribution is 4.98. The Morgan fingerprint density at radius 2 is 2.53 bits per heavy atom. The second-order valence-electron chi connectivity index (χ2n) is 4.25. The molecule has 3 nitrogen and oxygen atoms in total. The molecule has 1 atom stereocenters. The summed E-state index contributed by atoms with van der Waals surface area (Å²) >= 11 is 0. The maximum absolute atomic E-state index is 5.35. The largest absolute Gasteiger partial charge is 0.468 e. The van der Waals surface area contributed by atoms with E-state index < -0.39 is 0 Å². The highest BCUT2D eigenvalue weighted by Crippen LogP contribution is 2.13. The average Bonchev–Trinajstić information content (AvgIpc) is 2.87. The molecule has 0 radical (unpaired) electrons. The Balaban J connectivity index is 1.73. The number of hydrogen-bond acceptors (Lipinski definition) is 3. The summed E-state index contributed by atoms with van der Waals surface area (Å²) in [6, 6.07) is 4.69. The SMILES string of the molecule is CCCNC1CCN(Cc2ccco2)C1. The quantitative estimate of drug-likeness (QED) is 0.800. The van der Waals surface area contributed by atoms with Crippen molar-refractivity contribution in [3.63, 3.8) is 0 Å². The van der Waals surface area contributed by atoms with Crippen molar-refractivity contribution >= 4 is 0 Å². The summed E-state index contributed by atoms with van der Waals surface area (Å²) in [7, 11) is 0. The third-order valence-corrected chi connectivity index (χ3v) is 2.91. The summed E-state index contributed by atoms with van der Waals surface area (Å²) in [5.74, 6) is 1.08. The van der Waals surface area contributed by atoms with Crippen LogP contribution in [0.5, 0.6) is 0 Å². The molecule has 1 fully saturated rings. The van der Waals surface area contributed by atoms with Crippen LogP contribution in [0.25, 0.3) is 0 Å². The first-order valence-electron chi connectivity index (χ1n) is 5.86. The summed E-state index contributed by atoms with van der Waals surface area (Å²) in [5, 5.41) is 3.57. The zero-order chi connectivity index (χ0) is 10.5. The van der Waals surface area contributed by atoms with Gasteiger partial charge in [0.05, 0.1) is 12.8 Å². The number of likely N-dealkylation sites (tertiary alicyclic amines) is 1. The summed E-state index contributed by atoms with van der Waals surface area (Å²) in [4.78, 5) is 2.45. The van der Waals surface area contributed by atoms with E-state index in [1.807, 2.05) is 12.1 Å². The van der Waals surface area contributed by atoms with Gasteiger partial charge in [0.1, 0.15) is 5.76 Å². The maximum atomic E-state index is 5.35. The van der Waals surface area contributed by atoms with Gasteiger partial charge in [-0.25, -0.2) is 0 Å². The number of rotatable bonds is 5. The molecule has 84 valence electrons. The van der Waals surface area contributed by atoms with E-state index in [0.717, 1.165) is 25.4 Å². The molecule has 0 aromatic carbocycles. The number of nitrogens with zero attached hydrogens (tertiary/aromatic N) is 1. The summed E-state index contributed by atoms with van der Waals surface area (Å²) in [6.45, 7) is 6.64. The molecular formula is C12H20N2O. The standard InChI is InChI=1S/C12H20N2O/c1-2-6-13-11-5-7-14(9-11)10-12-4-3-8-15-12/h3-4,8,11,13H,2,5-7,9-10H2,1H3. The zero-order valence-corrected chi connectivity index (χ0v) is 9.41. The van der Waals surface area contributed by atoms with Crippen LogP contribution in [-0.2, 0) is 6.54 Å². The van der Waals surface area contributed by atoms with Crippen LogP contribution in [-0.4, -0.2) is 30.6 Å². The van der Waals surface area contributed by atoms with Crippen LogP contribution in [0, 0.1) is 0 Å². The number of hydrogen-bond donors (Lipinski definition) is 1. The lowest BCUT2D eigenvalue weighted by Gasteiger charge is -2.14. The molecule has 15 heavy (non-hydrogen) atoms. The molecule has 0 bridgehead atoms. The predicted octanol–water partition coefficient (Wildman–Crippen LogP) is 1.85. The van der Waals surface area contributed by atoms with Crippen LogP contribution in [0.4, 0.5) is 0 Å². The first kappa shape index (κ1) is 10.7. The van der Waals surface area contributed by atoms with Gasteiger partial charge in [0.15, 0.2) is 0 Å². The fraction of sp³-hybridized carbons (Fsp3) is 0.667. The van der Waals surface area contributed by atoms with Gasteiger partial charge in [-0.2, -0.15) is 0 Å². The second kappa shape index (κ2) is 5.33. The zero-order valence-electron chi connectivity index (χ0n) is 9.41. The summed E-state index contributed by atoms with van der Waals surface area (Å²) in [5.41, 5.74) is 0. The minimum atomic E-state index is 0.680. The van der Waals surface area contributed by atoms with Gasteiger partial charge in [-0.05, 0) is 31.5 Å². The molecule has 1 aromatic rings. The fourth-order valence-electron chi connectivity index (χ4n) is 2.11. The summed E-state index contributed by atoms with van der Waals surface area (Å²) < 4.78 is 5.35. The Morgan fingerprint density at radius 3 is 3.27 bits per heavy atom. The Labute approximate surface area is 91.4 Å². The molecule has 1 aliphatic rings. The molecule has 1 saturated heterocycles. The third kappa shape index (κ3) is 3.08. The molecule has 2 heterocycles. The highest BCUT2D eigenvalue weighted by atomic mass is 16.3. The van der Waals surface area contributed by atoms with E-state index in [-0.39, 0.29) is 0 Å². The molecule has 1 unspecified atom stereocenters. The fourth-order valence-corrected chi connectivity index (χ4v) is 2.11. The molecule has 2 rings (SSSR count). The topological polar surface area (TPSA) is 28.4 Å². The van der Waals surface area contributed by atoms with Crippen LogP contribution in [0.15, 0.2) is 22.8 Å². The molecule has 1 aliphatic heterocycles. The summed E-state index contributed by atoms with van der Waals surface area (Å²) in [6.07, 6.45) is 4.23. The van der Waals surface area contributed by atoms with E-state index >= 15 is 0 Å². The molecule has 0 amide bonds. The van der Waals surface area contributed by atoms with Crippen molar-refractivity contribution in [2.75, 3.05) is 19.6 Å². The van der Waals surface area contributed by atoms with E-state index in [4.69, 9.17) is 4.42 Å². The van der Waals surface area contributed by atoms with E-state index in [1.54, 1.807) is 6.26 Å². The van der Waals surface area contributed by atoms with Gasteiger partial charge < -0.3 is 9.73 Å². The van der Waals surface area contributed by atoms with Crippen LogP contribution >= 0.6 is 0 Å². The van der Waals surface area contributed by atoms with Gasteiger partial charge in [0.2, 0.25) is 0 Å². The lowest BCUT2D eigenvalue weighted by Crippen LogP contribution is -2.32. The van der Waals surface area contributed by atoms with Crippen molar-refractivity contribution in [3.05, 3.63) is 24.2 Å². The lowest BCUT2D eigenvalue weighted by atomic mass is 10.2. The minimum absolute atomic E-state index is 0.680. The van der Waals surface area contributed by atoms with Gasteiger partial charge in [-0.15, -0.1) is 0 Å². The second-order valence-corrected chi connectivity index (χ2v) is 4.25. The molecule has 0 aliphatic carbocycles. The van der Waals surface area contributed by atoms with Crippen molar-refractivity contribution in [1.29, 1.82) is 0 Å². The van der Waals surface area contributed by atoms with E-state index in [0.29, 0.717) is 6.04 Å². The van der Waals surface area contributed by atoms with E-state index in [2.05, 4.69) is 17.1 Å². The van der Waals surface area contributed by atoms with Crippen molar-refractivity contribution < 1.29 is 4.42 Å². The van der Waals surface area contributed by atoms with Crippen LogP contribution < -0.4 is 5.32 Å². The highest BCUT2D eigenvalue weighted by Gasteiger charge is 2.21. The lowest BCUT2D eigenvalue weighted by molar-refractivity contribution is 0.289. The molecule has 3 heteroatoms. The van der Waals surface area contributed by atoms with Crippen LogP contribution in [0.3, 0.4) is 0 Å². The van der Waals surface area contributed by atoms with Gasteiger partial charge >= 0.3 is 0 Å². The van der Waals surface area contributed by atoms with Crippen molar-refractivity contribution in [2.45, 2.75) is 32.4 Å². The Hall–Kier alpha value is -0.800. The Morgan fingerprint density at radius 1 is 1.60 bits per heavy atom. The Bertz CT molecular complexity index is 271. The normalized spacial score (nSPS) is 22.3. The van der Waals surface area contributed by atoms with Crippen molar-refractivity contribution in [3.8, 4) is 0 Å². The van der Waals surface area contributed by atoms with Gasteiger partial charge in [-0.3, -0.25) is 4.90 Å². The minimum Gasteiger partial charge on any atom is -0.468 e. The van der Waals surface area contributed by atoms with Crippen LogP contribution in [0.1, 0.15) is 25.5 Å². The van der Waals surface area contributed by atoms with Gasteiger partial charge in [0, 0.05) is 19.1 Å². The molecule has 0 saturated carbocycles. The number of furan rings is 1. The first-order chi connectivity index (χ1) is 7.38.